The van der Waals surface area contributed by atoms with Crippen LogP contribution < -0.4 is 10.2 Å². The number of benzene rings is 1. The number of rotatable bonds is 3. The van der Waals surface area contributed by atoms with Crippen LogP contribution in [0.5, 0.6) is 0 Å². The molecule has 0 bridgehead atoms. The lowest BCUT2D eigenvalue weighted by Crippen LogP contribution is -2.36. The summed E-state index contributed by atoms with van der Waals surface area (Å²) in [4.78, 5) is 14.3. The zero-order valence-corrected chi connectivity index (χ0v) is 13.7. The minimum Gasteiger partial charge on any atom is -0.378 e. The zero-order chi connectivity index (χ0) is 16.0. The first-order valence-corrected chi connectivity index (χ1v) is 7.90. The third-order valence-electron chi connectivity index (χ3n) is 4.28. The van der Waals surface area contributed by atoms with Gasteiger partial charge in [0.25, 0.3) is 0 Å². The molecule has 1 N–H and O–H groups in total. The first kappa shape index (κ1) is 15.8. The van der Waals surface area contributed by atoms with E-state index in [1.54, 1.807) is 13.0 Å². The van der Waals surface area contributed by atoms with Gasteiger partial charge in [-0.1, -0.05) is 0 Å². The standard InChI is InChI=1S/C15H17Cl2FN2O2/c1-14(9-15(14,16)17)13(21)19-11-6-10(18)7-12(8-11)20-2-4-22-5-3-20/h6-8H,2-5,9H2,1H3,(H,19,21). The Hall–Kier alpha value is -1.04. The Labute approximate surface area is 138 Å². The van der Waals surface area contributed by atoms with Crippen LogP contribution in [0.2, 0.25) is 0 Å². The predicted octanol–water partition coefficient (Wildman–Crippen LogP) is 3.18. The fraction of sp³-hybridized carbons (Fsp3) is 0.533. The molecule has 1 atom stereocenters. The SMILES string of the molecule is CC1(C(=O)Nc2cc(F)cc(N3CCOCC3)c2)CC1(Cl)Cl. The van der Waals surface area contributed by atoms with Crippen LogP contribution in [-0.2, 0) is 9.53 Å². The number of alkyl halides is 2. The molecule has 1 aromatic rings. The number of ether oxygens (including phenoxy) is 1. The third-order valence-corrected chi connectivity index (χ3v) is 5.38. The molecule has 2 aliphatic rings. The van der Waals surface area contributed by atoms with Crippen molar-refractivity contribution in [1.82, 2.24) is 0 Å². The second kappa shape index (κ2) is 5.55. The Morgan fingerprint density at radius 2 is 1.95 bits per heavy atom. The molecule has 1 aliphatic heterocycles. The number of morpholine rings is 1. The minimum absolute atomic E-state index is 0.295. The monoisotopic (exact) mass is 346 g/mol. The number of carbonyl (C=O) groups is 1. The summed E-state index contributed by atoms with van der Waals surface area (Å²) in [5, 5.41) is 2.71. The number of amides is 1. The molecule has 1 unspecified atom stereocenters. The minimum atomic E-state index is -1.04. The van der Waals surface area contributed by atoms with Crippen LogP contribution in [0.4, 0.5) is 15.8 Å². The molecular formula is C15H17Cl2FN2O2. The highest BCUT2D eigenvalue weighted by Crippen LogP contribution is 2.64. The highest BCUT2D eigenvalue weighted by molar-refractivity contribution is 6.53. The molecule has 0 spiro atoms. The van der Waals surface area contributed by atoms with E-state index < -0.39 is 15.6 Å². The molecule has 1 heterocycles. The number of nitrogens with one attached hydrogen (secondary N) is 1. The van der Waals surface area contributed by atoms with E-state index in [0.717, 1.165) is 5.69 Å². The Bertz CT molecular complexity index is 605. The number of hydrogen-bond acceptors (Lipinski definition) is 3. The van der Waals surface area contributed by atoms with Gasteiger partial charge in [-0.15, -0.1) is 23.2 Å². The van der Waals surface area contributed by atoms with E-state index in [4.69, 9.17) is 27.9 Å². The summed E-state index contributed by atoms with van der Waals surface area (Å²) >= 11 is 12.0. The van der Waals surface area contributed by atoms with Gasteiger partial charge in [0, 0.05) is 24.5 Å². The summed E-state index contributed by atoms with van der Waals surface area (Å²) in [7, 11) is 0. The van der Waals surface area contributed by atoms with E-state index in [2.05, 4.69) is 5.32 Å². The van der Waals surface area contributed by atoms with Gasteiger partial charge in [0.1, 0.15) is 10.2 Å². The number of halogens is 3. The Morgan fingerprint density at radius 1 is 1.32 bits per heavy atom. The van der Waals surface area contributed by atoms with E-state index in [1.165, 1.54) is 12.1 Å². The largest absolute Gasteiger partial charge is 0.378 e. The average molecular weight is 347 g/mol. The van der Waals surface area contributed by atoms with E-state index in [9.17, 15) is 9.18 Å². The van der Waals surface area contributed by atoms with E-state index in [1.807, 2.05) is 4.90 Å². The van der Waals surface area contributed by atoms with Crippen LogP contribution in [0.1, 0.15) is 13.3 Å². The number of carbonyl (C=O) groups excluding carboxylic acids is 1. The van der Waals surface area contributed by atoms with Gasteiger partial charge in [0.2, 0.25) is 5.91 Å². The van der Waals surface area contributed by atoms with Crippen LogP contribution in [0.15, 0.2) is 18.2 Å². The van der Waals surface area contributed by atoms with E-state index in [0.29, 0.717) is 38.4 Å². The number of anilines is 2. The number of nitrogens with zero attached hydrogens (tertiary/aromatic N) is 1. The first-order valence-electron chi connectivity index (χ1n) is 7.14. The molecule has 22 heavy (non-hydrogen) atoms. The first-order chi connectivity index (χ1) is 10.3. The molecule has 120 valence electrons. The second-order valence-electron chi connectivity index (χ2n) is 5.96. The molecule has 1 aromatic carbocycles. The van der Waals surface area contributed by atoms with Gasteiger partial charge in [-0.2, -0.15) is 0 Å². The molecular weight excluding hydrogens is 330 g/mol. The highest BCUT2D eigenvalue weighted by atomic mass is 35.5. The third kappa shape index (κ3) is 2.90. The molecule has 1 saturated heterocycles. The normalized spacial score (nSPS) is 26.6. The lowest BCUT2D eigenvalue weighted by Gasteiger charge is -2.29. The summed E-state index contributed by atoms with van der Waals surface area (Å²) in [6.07, 6.45) is 0.389. The molecule has 7 heteroatoms. The van der Waals surface area contributed by atoms with Crippen LogP contribution in [-0.4, -0.2) is 36.5 Å². The second-order valence-corrected chi connectivity index (χ2v) is 7.45. The van der Waals surface area contributed by atoms with Gasteiger partial charge >= 0.3 is 0 Å². The summed E-state index contributed by atoms with van der Waals surface area (Å²) in [6, 6.07) is 4.49. The van der Waals surface area contributed by atoms with Crippen molar-refractivity contribution < 1.29 is 13.9 Å². The van der Waals surface area contributed by atoms with Crippen molar-refractivity contribution in [2.24, 2.45) is 5.41 Å². The molecule has 2 fully saturated rings. The molecule has 1 saturated carbocycles. The van der Waals surface area contributed by atoms with Crippen LogP contribution in [0.3, 0.4) is 0 Å². The van der Waals surface area contributed by atoms with Crippen LogP contribution in [0, 0.1) is 11.2 Å². The summed E-state index contributed by atoms with van der Waals surface area (Å²) in [5.74, 6) is -0.695. The number of hydrogen-bond donors (Lipinski definition) is 1. The van der Waals surface area contributed by atoms with Crippen LogP contribution in [0.25, 0.3) is 0 Å². The van der Waals surface area contributed by atoms with E-state index in [-0.39, 0.29) is 5.91 Å². The highest BCUT2D eigenvalue weighted by Gasteiger charge is 2.67. The van der Waals surface area contributed by atoms with Gasteiger partial charge in [0.15, 0.2) is 0 Å². The van der Waals surface area contributed by atoms with Gasteiger partial charge in [-0.3, -0.25) is 4.79 Å². The molecule has 1 aliphatic carbocycles. The Kier molecular flexibility index (Phi) is 4.00. The Morgan fingerprint density at radius 3 is 2.55 bits per heavy atom. The average Bonchev–Trinajstić information content (AvgIpc) is 2.99. The summed E-state index contributed by atoms with van der Waals surface area (Å²) in [6.45, 7) is 4.31. The summed E-state index contributed by atoms with van der Waals surface area (Å²) < 4.78 is 18.1. The van der Waals surface area contributed by atoms with E-state index >= 15 is 0 Å². The van der Waals surface area contributed by atoms with Crippen LogP contribution >= 0.6 is 23.2 Å². The molecule has 3 rings (SSSR count). The Balaban J connectivity index is 1.77. The van der Waals surface area contributed by atoms with Crippen molar-refractivity contribution in [2.45, 2.75) is 17.7 Å². The van der Waals surface area contributed by atoms with Gasteiger partial charge in [-0.05, 0) is 31.5 Å². The van der Waals surface area contributed by atoms with Crippen molar-refractivity contribution in [3.8, 4) is 0 Å². The smallest absolute Gasteiger partial charge is 0.233 e. The molecule has 1 amide bonds. The van der Waals surface area contributed by atoms with Crippen molar-refractivity contribution >= 4 is 40.5 Å². The van der Waals surface area contributed by atoms with Gasteiger partial charge in [-0.25, -0.2) is 4.39 Å². The van der Waals surface area contributed by atoms with Crippen molar-refractivity contribution in [3.05, 3.63) is 24.0 Å². The fourth-order valence-electron chi connectivity index (χ4n) is 2.57. The van der Waals surface area contributed by atoms with Crippen molar-refractivity contribution in [2.75, 3.05) is 36.5 Å². The molecule has 4 nitrogen and oxygen atoms in total. The maximum atomic E-state index is 13.8. The zero-order valence-electron chi connectivity index (χ0n) is 12.2. The lowest BCUT2D eigenvalue weighted by molar-refractivity contribution is -0.120. The van der Waals surface area contributed by atoms with Gasteiger partial charge in [0.05, 0.1) is 18.6 Å². The fourth-order valence-corrected chi connectivity index (χ4v) is 3.27. The maximum absolute atomic E-state index is 13.8. The van der Waals surface area contributed by atoms with Crippen molar-refractivity contribution in [1.29, 1.82) is 0 Å². The summed E-state index contributed by atoms with van der Waals surface area (Å²) in [5.41, 5.74) is 0.299. The predicted molar refractivity (Wildman–Crippen MR) is 85.2 cm³/mol. The molecule has 0 radical (unpaired) electrons. The lowest BCUT2D eigenvalue weighted by atomic mass is 10.1. The van der Waals surface area contributed by atoms with Gasteiger partial charge < -0.3 is 15.0 Å². The van der Waals surface area contributed by atoms with Crippen molar-refractivity contribution in [3.63, 3.8) is 0 Å². The molecule has 0 aromatic heterocycles. The topological polar surface area (TPSA) is 41.6 Å². The quantitative estimate of drug-likeness (QED) is 0.854. The maximum Gasteiger partial charge on any atom is 0.233 e.